The van der Waals surface area contributed by atoms with E-state index in [0.717, 1.165) is 5.69 Å². The zero-order valence-electron chi connectivity index (χ0n) is 12.4. The molecule has 2 rings (SSSR count). The molecule has 0 spiro atoms. The van der Waals surface area contributed by atoms with Crippen molar-refractivity contribution in [3.63, 3.8) is 0 Å². The van der Waals surface area contributed by atoms with Gasteiger partial charge in [0.25, 0.3) is 0 Å². The Kier molecular flexibility index (Phi) is 5.99. The Morgan fingerprint density at radius 2 is 1.90 bits per heavy atom. The number of carbonyl (C=O) groups excluding carboxylic acids is 1. The molecule has 2 N–H and O–H groups in total. The molecule has 0 saturated heterocycles. The Labute approximate surface area is 131 Å². The Balaban J connectivity index is 1.84. The smallest absolute Gasteiger partial charge is 0.338 e. The lowest BCUT2D eigenvalue weighted by Crippen LogP contribution is -2.38. The molecule has 0 aliphatic heterocycles. The summed E-state index contributed by atoms with van der Waals surface area (Å²) < 4.78 is 4.95. The Bertz CT molecular complexity index is 482. The molecule has 1 fully saturated rings. The van der Waals surface area contributed by atoms with Gasteiger partial charge in [0.2, 0.25) is 0 Å². The van der Waals surface area contributed by atoms with E-state index in [1.165, 1.54) is 32.1 Å². The first-order valence-electron chi connectivity index (χ1n) is 7.53. The van der Waals surface area contributed by atoms with Crippen LogP contribution in [0.15, 0.2) is 24.3 Å². The van der Waals surface area contributed by atoms with Crippen molar-refractivity contribution in [2.75, 3.05) is 11.9 Å². The van der Waals surface area contributed by atoms with E-state index < -0.39 is 0 Å². The average molecular weight is 306 g/mol. The minimum atomic E-state index is -0.299. The highest BCUT2D eigenvalue weighted by Gasteiger charge is 2.14. The van der Waals surface area contributed by atoms with E-state index in [9.17, 15) is 4.79 Å². The van der Waals surface area contributed by atoms with Crippen molar-refractivity contribution < 1.29 is 9.53 Å². The van der Waals surface area contributed by atoms with Gasteiger partial charge in [-0.25, -0.2) is 4.79 Å². The summed E-state index contributed by atoms with van der Waals surface area (Å²) in [6.45, 7) is 2.18. The zero-order valence-corrected chi connectivity index (χ0v) is 13.2. The van der Waals surface area contributed by atoms with Gasteiger partial charge in [-0.15, -0.1) is 0 Å². The van der Waals surface area contributed by atoms with Crippen LogP contribution >= 0.6 is 12.2 Å². The van der Waals surface area contributed by atoms with Crippen LogP contribution in [0.4, 0.5) is 5.69 Å². The fourth-order valence-electron chi connectivity index (χ4n) is 2.50. The highest BCUT2D eigenvalue weighted by atomic mass is 32.1. The van der Waals surface area contributed by atoms with Crippen LogP contribution < -0.4 is 10.6 Å². The van der Waals surface area contributed by atoms with E-state index in [4.69, 9.17) is 17.0 Å². The second-order valence-corrected chi connectivity index (χ2v) is 5.64. The summed E-state index contributed by atoms with van der Waals surface area (Å²) in [6.07, 6.45) is 6.24. The van der Waals surface area contributed by atoms with Crippen LogP contribution in [-0.4, -0.2) is 23.7 Å². The number of ether oxygens (including phenoxy) is 1. The van der Waals surface area contributed by atoms with E-state index in [0.29, 0.717) is 23.3 Å². The van der Waals surface area contributed by atoms with Crippen LogP contribution in [0.1, 0.15) is 49.4 Å². The van der Waals surface area contributed by atoms with Gasteiger partial charge in [0.1, 0.15) is 0 Å². The van der Waals surface area contributed by atoms with Crippen molar-refractivity contribution in [1.82, 2.24) is 5.32 Å². The Hall–Kier alpha value is -1.62. The highest BCUT2D eigenvalue weighted by molar-refractivity contribution is 7.80. The fourth-order valence-corrected chi connectivity index (χ4v) is 2.79. The third kappa shape index (κ3) is 5.01. The molecule has 4 nitrogen and oxygen atoms in total. The van der Waals surface area contributed by atoms with Gasteiger partial charge in [-0.1, -0.05) is 19.3 Å². The van der Waals surface area contributed by atoms with Crippen molar-refractivity contribution in [2.24, 2.45) is 0 Å². The molecule has 0 radical (unpaired) electrons. The molecule has 0 aromatic heterocycles. The maximum Gasteiger partial charge on any atom is 0.338 e. The summed E-state index contributed by atoms with van der Waals surface area (Å²) in [5, 5.41) is 7.15. The predicted molar refractivity (Wildman–Crippen MR) is 88.6 cm³/mol. The highest BCUT2D eigenvalue weighted by Crippen LogP contribution is 2.17. The molecule has 1 aromatic rings. The summed E-state index contributed by atoms with van der Waals surface area (Å²) in [5.41, 5.74) is 1.42. The predicted octanol–water partition coefficient (Wildman–Crippen LogP) is 3.48. The quantitative estimate of drug-likeness (QED) is 0.659. The first kappa shape index (κ1) is 15.8. The second-order valence-electron chi connectivity index (χ2n) is 5.23. The van der Waals surface area contributed by atoms with Crippen LogP contribution in [0.25, 0.3) is 0 Å². The normalized spacial score (nSPS) is 15.3. The molecule has 21 heavy (non-hydrogen) atoms. The SMILES string of the molecule is CCOC(=O)c1ccc(NC(=S)NC2CCCCC2)cc1. The van der Waals surface area contributed by atoms with Gasteiger partial charge in [0.15, 0.2) is 5.11 Å². The number of hydrogen-bond acceptors (Lipinski definition) is 3. The van der Waals surface area contributed by atoms with Crippen LogP contribution in [0.2, 0.25) is 0 Å². The average Bonchev–Trinajstić information content (AvgIpc) is 2.49. The van der Waals surface area contributed by atoms with Gasteiger partial charge >= 0.3 is 5.97 Å². The fraction of sp³-hybridized carbons (Fsp3) is 0.500. The van der Waals surface area contributed by atoms with Gasteiger partial charge in [0.05, 0.1) is 12.2 Å². The van der Waals surface area contributed by atoms with Gasteiger partial charge in [-0.2, -0.15) is 0 Å². The third-order valence-electron chi connectivity index (χ3n) is 3.59. The second kappa shape index (κ2) is 7.98. The topological polar surface area (TPSA) is 50.4 Å². The summed E-state index contributed by atoms with van der Waals surface area (Å²) in [6, 6.07) is 7.63. The van der Waals surface area contributed by atoms with E-state index in [-0.39, 0.29) is 5.97 Å². The summed E-state index contributed by atoms with van der Waals surface area (Å²) >= 11 is 5.33. The van der Waals surface area contributed by atoms with Crippen molar-refractivity contribution >= 4 is 29.0 Å². The summed E-state index contributed by atoms with van der Waals surface area (Å²) in [7, 11) is 0. The number of benzene rings is 1. The molecule has 1 aliphatic rings. The maximum absolute atomic E-state index is 11.6. The summed E-state index contributed by atoms with van der Waals surface area (Å²) in [5.74, 6) is -0.299. The van der Waals surface area contributed by atoms with E-state index >= 15 is 0 Å². The van der Waals surface area contributed by atoms with E-state index in [2.05, 4.69) is 10.6 Å². The number of anilines is 1. The number of hydrogen-bond donors (Lipinski definition) is 2. The molecular formula is C16H22N2O2S. The molecule has 1 saturated carbocycles. The lowest BCUT2D eigenvalue weighted by molar-refractivity contribution is 0.0526. The van der Waals surface area contributed by atoms with Gasteiger partial charge in [0, 0.05) is 11.7 Å². The largest absolute Gasteiger partial charge is 0.462 e. The molecule has 1 aromatic carbocycles. The monoisotopic (exact) mass is 306 g/mol. The number of nitrogens with one attached hydrogen (secondary N) is 2. The lowest BCUT2D eigenvalue weighted by atomic mass is 9.96. The van der Waals surface area contributed by atoms with Gasteiger partial charge in [-0.3, -0.25) is 0 Å². The third-order valence-corrected chi connectivity index (χ3v) is 3.81. The molecule has 0 bridgehead atoms. The number of esters is 1. The first-order valence-corrected chi connectivity index (χ1v) is 7.94. The van der Waals surface area contributed by atoms with E-state index in [1.54, 1.807) is 19.1 Å². The number of rotatable bonds is 4. The van der Waals surface area contributed by atoms with Gasteiger partial charge < -0.3 is 15.4 Å². The Morgan fingerprint density at radius 3 is 2.52 bits per heavy atom. The van der Waals surface area contributed by atoms with Crippen molar-refractivity contribution in [3.8, 4) is 0 Å². The van der Waals surface area contributed by atoms with Crippen molar-refractivity contribution in [1.29, 1.82) is 0 Å². The van der Waals surface area contributed by atoms with Crippen molar-refractivity contribution in [3.05, 3.63) is 29.8 Å². The Morgan fingerprint density at radius 1 is 1.24 bits per heavy atom. The van der Waals surface area contributed by atoms with Crippen LogP contribution in [0.5, 0.6) is 0 Å². The van der Waals surface area contributed by atoms with Gasteiger partial charge in [-0.05, 0) is 56.2 Å². The standard InChI is InChI=1S/C16H22N2O2S/c1-2-20-15(19)12-8-10-14(11-9-12)18-16(21)17-13-6-4-3-5-7-13/h8-11,13H,2-7H2,1H3,(H2,17,18,21). The zero-order chi connectivity index (χ0) is 15.1. The first-order chi connectivity index (χ1) is 10.2. The molecule has 0 heterocycles. The molecule has 0 amide bonds. The van der Waals surface area contributed by atoms with Crippen molar-refractivity contribution in [2.45, 2.75) is 45.1 Å². The van der Waals surface area contributed by atoms with Crippen LogP contribution in [-0.2, 0) is 4.74 Å². The molecule has 5 heteroatoms. The molecule has 0 atom stereocenters. The number of carbonyl (C=O) groups is 1. The van der Waals surface area contributed by atoms with Crippen LogP contribution in [0.3, 0.4) is 0 Å². The number of thiocarbonyl (C=S) groups is 1. The summed E-state index contributed by atoms with van der Waals surface area (Å²) in [4.78, 5) is 11.6. The lowest BCUT2D eigenvalue weighted by Gasteiger charge is -2.24. The van der Waals surface area contributed by atoms with Crippen LogP contribution in [0, 0.1) is 0 Å². The molecule has 0 unspecified atom stereocenters. The minimum Gasteiger partial charge on any atom is -0.462 e. The minimum absolute atomic E-state index is 0.299. The molecule has 1 aliphatic carbocycles. The molecule has 114 valence electrons. The maximum atomic E-state index is 11.6. The molecular weight excluding hydrogens is 284 g/mol. The van der Waals surface area contributed by atoms with E-state index in [1.807, 2.05) is 12.1 Å².